The number of methoxy groups -OCH3 is 1. The van der Waals surface area contributed by atoms with Crippen LogP contribution in [0.4, 0.5) is 0 Å². The summed E-state index contributed by atoms with van der Waals surface area (Å²) in [5.41, 5.74) is 1.94. The third kappa shape index (κ3) is 4.18. The Morgan fingerprint density at radius 1 is 1.10 bits per heavy atom. The molecular formula is C22H22N2O5. The minimum Gasteiger partial charge on any atom is -0.496 e. The second kappa shape index (κ2) is 8.26. The quantitative estimate of drug-likeness (QED) is 0.671. The lowest BCUT2D eigenvalue weighted by Gasteiger charge is -2.18. The van der Waals surface area contributed by atoms with Crippen molar-refractivity contribution >= 4 is 16.8 Å². The van der Waals surface area contributed by atoms with Crippen molar-refractivity contribution in [2.24, 2.45) is 0 Å². The lowest BCUT2D eigenvalue weighted by molar-refractivity contribution is -0.121. The van der Waals surface area contributed by atoms with Crippen molar-refractivity contribution in [2.45, 2.75) is 19.4 Å². The van der Waals surface area contributed by atoms with Gasteiger partial charge in [0.25, 0.3) is 5.56 Å². The highest BCUT2D eigenvalue weighted by atomic mass is 16.6. The minimum absolute atomic E-state index is 0.127. The molecular weight excluding hydrogens is 372 g/mol. The minimum atomic E-state index is -0.202. The molecule has 1 aromatic heterocycles. The normalized spacial score (nSPS) is 12.6. The van der Waals surface area contributed by atoms with Crippen LogP contribution in [0.5, 0.6) is 17.2 Å². The number of hydrogen-bond acceptors (Lipinski definition) is 5. The number of carbonyl (C=O) groups is 1. The van der Waals surface area contributed by atoms with Crippen LogP contribution < -0.4 is 25.1 Å². The smallest absolute Gasteiger partial charge is 0.251 e. The zero-order chi connectivity index (χ0) is 20.2. The lowest BCUT2D eigenvalue weighted by Crippen LogP contribution is -2.24. The van der Waals surface area contributed by atoms with Gasteiger partial charge < -0.3 is 24.5 Å². The first kappa shape index (κ1) is 18.9. The van der Waals surface area contributed by atoms with E-state index in [2.05, 4.69) is 10.3 Å². The molecule has 0 saturated heterocycles. The summed E-state index contributed by atoms with van der Waals surface area (Å²) in [5, 5.41) is 3.72. The number of hydrogen-bond donors (Lipinski definition) is 2. The average molecular weight is 394 g/mol. The topological polar surface area (TPSA) is 89.7 Å². The number of fused-ring (bicyclic) bond motifs is 2. The lowest BCUT2D eigenvalue weighted by atomic mass is 10.1. The van der Waals surface area contributed by atoms with Crippen LogP contribution in [-0.2, 0) is 17.8 Å². The number of carbonyl (C=O) groups excluding carboxylic acids is 1. The summed E-state index contributed by atoms with van der Waals surface area (Å²) in [6, 6.07) is 13.0. The van der Waals surface area contributed by atoms with E-state index in [1.54, 1.807) is 19.2 Å². The Bertz CT molecular complexity index is 1110. The highest BCUT2D eigenvalue weighted by Crippen LogP contribution is 2.33. The number of aromatic amines is 1. The van der Waals surface area contributed by atoms with E-state index in [0.29, 0.717) is 48.8 Å². The van der Waals surface area contributed by atoms with Gasteiger partial charge in [-0.2, -0.15) is 0 Å². The molecule has 0 fully saturated rings. The van der Waals surface area contributed by atoms with E-state index in [0.717, 1.165) is 16.7 Å². The van der Waals surface area contributed by atoms with Crippen LogP contribution in [0.2, 0.25) is 0 Å². The van der Waals surface area contributed by atoms with E-state index in [1.165, 1.54) is 0 Å². The molecule has 4 rings (SSSR count). The predicted molar refractivity (Wildman–Crippen MR) is 109 cm³/mol. The number of pyridine rings is 1. The third-order valence-electron chi connectivity index (χ3n) is 4.87. The van der Waals surface area contributed by atoms with Crippen molar-refractivity contribution in [3.05, 3.63) is 63.9 Å². The predicted octanol–water partition coefficient (Wildman–Crippen LogP) is 2.56. The summed E-state index contributed by atoms with van der Waals surface area (Å²) >= 11 is 0. The van der Waals surface area contributed by atoms with E-state index < -0.39 is 0 Å². The number of ether oxygens (including phenoxy) is 3. The maximum Gasteiger partial charge on any atom is 0.251 e. The van der Waals surface area contributed by atoms with Crippen LogP contribution in [0.15, 0.2) is 47.3 Å². The number of H-pyrrole nitrogens is 1. The molecule has 0 spiro atoms. The Kier molecular flexibility index (Phi) is 5.37. The summed E-state index contributed by atoms with van der Waals surface area (Å²) in [4.78, 5) is 27.5. The van der Waals surface area contributed by atoms with E-state index in [4.69, 9.17) is 14.2 Å². The van der Waals surface area contributed by atoms with Crippen LogP contribution in [-0.4, -0.2) is 31.2 Å². The van der Waals surface area contributed by atoms with Gasteiger partial charge in [0.2, 0.25) is 5.91 Å². The zero-order valence-electron chi connectivity index (χ0n) is 16.1. The van der Waals surface area contributed by atoms with Gasteiger partial charge in [-0.3, -0.25) is 9.59 Å². The van der Waals surface area contributed by atoms with Crippen LogP contribution in [0, 0.1) is 0 Å². The SMILES string of the molecule is COc1ccccc1CNC(=O)CCc1cc2cc3c(cc2[nH]c1=O)OCCO3. The van der Waals surface area contributed by atoms with Crippen molar-refractivity contribution < 1.29 is 19.0 Å². The molecule has 1 amide bonds. The molecule has 29 heavy (non-hydrogen) atoms. The summed E-state index contributed by atoms with van der Waals surface area (Å²) in [6.45, 7) is 1.37. The van der Waals surface area contributed by atoms with Crippen LogP contribution in [0.25, 0.3) is 10.9 Å². The fraction of sp³-hybridized carbons (Fsp3) is 0.273. The Balaban J connectivity index is 1.43. The Morgan fingerprint density at radius 2 is 1.86 bits per heavy atom. The number of nitrogens with one attached hydrogen (secondary N) is 2. The second-order valence-corrected chi connectivity index (χ2v) is 6.80. The zero-order valence-corrected chi connectivity index (χ0v) is 16.1. The molecule has 150 valence electrons. The molecule has 2 N–H and O–H groups in total. The van der Waals surface area contributed by atoms with Crippen LogP contribution in [0.1, 0.15) is 17.5 Å². The summed E-state index contributed by atoms with van der Waals surface area (Å²) in [6.07, 6.45) is 0.561. The van der Waals surface area contributed by atoms with Gasteiger partial charge in [0.15, 0.2) is 11.5 Å². The van der Waals surface area contributed by atoms with E-state index in [1.807, 2.05) is 30.3 Å². The molecule has 0 atom stereocenters. The average Bonchev–Trinajstić information content (AvgIpc) is 2.75. The Morgan fingerprint density at radius 3 is 2.66 bits per heavy atom. The molecule has 0 saturated carbocycles. The van der Waals surface area contributed by atoms with Crippen LogP contribution in [0.3, 0.4) is 0 Å². The monoisotopic (exact) mass is 394 g/mol. The highest BCUT2D eigenvalue weighted by Gasteiger charge is 2.14. The largest absolute Gasteiger partial charge is 0.496 e. The summed E-state index contributed by atoms with van der Waals surface area (Å²) in [7, 11) is 1.60. The number of amides is 1. The van der Waals surface area contributed by atoms with Gasteiger partial charge in [-0.05, 0) is 24.6 Å². The van der Waals surface area contributed by atoms with E-state index >= 15 is 0 Å². The molecule has 2 aromatic carbocycles. The van der Waals surface area contributed by atoms with Crippen molar-refractivity contribution in [1.29, 1.82) is 0 Å². The Hall–Kier alpha value is -3.48. The number of rotatable bonds is 6. The summed E-state index contributed by atoms with van der Waals surface area (Å²) < 4.78 is 16.4. The first-order valence-electron chi connectivity index (χ1n) is 9.48. The highest BCUT2D eigenvalue weighted by molar-refractivity contribution is 5.83. The van der Waals surface area contributed by atoms with Crippen LogP contribution >= 0.6 is 0 Å². The van der Waals surface area contributed by atoms with Gasteiger partial charge in [0, 0.05) is 35.5 Å². The first-order chi connectivity index (χ1) is 14.1. The van der Waals surface area contributed by atoms with Crippen molar-refractivity contribution in [3.63, 3.8) is 0 Å². The van der Waals surface area contributed by atoms with Gasteiger partial charge in [0.1, 0.15) is 19.0 Å². The van der Waals surface area contributed by atoms with Crippen molar-refractivity contribution in [1.82, 2.24) is 10.3 Å². The molecule has 0 unspecified atom stereocenters. The fourth-order valence-electron chi connectivity index (χ4n) is 3.35. The molecule has 1 aliphatic heterocycles. The van der Waals surface area contributed by atoms with Gasteiger partial charge in [-0.15, -0.1) is 0 Å². The standard InChI is InChI=1S/C22H22N2O5/c1-27-18-5-3-2-4-15(18)13-23-21(25)7-6-14-10-16-11-19-20(29-9-8-28-19)12-17(16)24-22(14)26/h2-5,10-12H,6-9,13H2,1H3,(H,23,25)(H,24,26). The molecule has 0 aliphatic carbocycles. The molecule has 1 aliphatic rings. The Labute approximate surface area is 167 Å². The summed E-state index contributed by atoms with van der Waals surface area (Å²) in [5.74, 6) is 1.89. The number of benzene rings is 2. The van der Waals surface area contributed by atoms with Crippen molar-refractivity contribution in [2.75, 3.05) is 20.3 Å². The van der Waals surface area contributed by atoms with Gasteiger partial charge >= 0.3 is 0 Å². The second-order valence-electron chi connectivity index (χ2n) is 6.80. The van der Waals surface area contributed by atoms with E-state index in [-0.39, 0.29) is 17.9 Å². The first-order valence-corrected chi connectivity index (χ1v) is 9.48. The fourth-order valence-corrected chi connectivity index (χ4v) is 3.35. The molecule has 0 radical (unpaired) electrons. The molecule has 7 heteroatoms. The van der Waals surface area contributed by atoms with Gasteiger partial charge in [-0.1, -0.05) is 18.2 Å². The number of aryl methyl sites for hydroxylation is 1. The molecule has 7 nitrogen and oxygen atoms in total. The maximum atomic E-state index is 12.4. The van der Waals surface area contributed by atoms with Gasteiger partial charge in [0.05, 0.1) is 12.6 Å². The maximum absolute atomic E-state index is 12.4. The number of aromatic nitrogens is 1. The van der Waals surface area contributed by atoms with E-state index in [9.17, 15) is 9.59 Å². The van der Waals surface area contributed by atoms with Gasteiger partial charge in [-0.25, -0.2) is 0 Å². The molecule has 3 aromatic rings. The third-order valence-corrected chi connectivity index (χ3v) is 4.87. The molecule has 2 heterocycles. The molecule has 0 bridgehead atoms. The number of para-hydroxylation sites is 1. The van der Waals surface area contributed by atoms with Crippen molar-refractivity contribution in [3.8, 4) is 17.2 Å².